The zero-order valence-corrected chi connectivity index (χ0v) is 22.0. The smallest absolute Gasteiger partial charge is 0.0162 e. The summed E-state index contributed by atoms with van der Waals surface area (Å²) in [5.74, 6) is 2.62. The molecule has 33 heavy (non-hydrogen) atoms. The normalized spacial score (nSPS) is 18.7. The van der Waals surface area contributed by atoms with Gasteiger partial charge in [-0.1, -0.05) is 127 Å². The van der Waals surface area contributed by atoms with Crippen molar-refractivity contribution in [3.05, 3.63) is 59.7 Å². The second-order valence-electron chi connectivity index (χ2n) is 11.2. The lowest BCUT2D eigenvalue weighted by atomic mass is 9.76. The van der Waals surface area contributed by atoms with Crippen molar-refractivity contribution < 1.29 is 0 Å². The van der Waals surface area contributed by atoms with E-state index in [0.717, 1.165) is 17.8 Å². The highest BCUT2D eigenvalue weighted by atomic mass is 14.3. The van der Waals surface area contributed by atoms with E-state index < -0.39 is 0 Å². The molecule has 1 aliphatic rings. The highest BCUT2D eigenvalue weighted by molar-refractivity contribution is 5.64. The highest BCUT2D eigenvalue weighted by Gasteiger charge is 2.22. The average molecular weight is 447 g/mol. The topological polar surface area (TPSA) is 0 Å². The molecule has 2 aromatic carbocycles. The fraction of sp³-hybridized carbons (Fsp3) is 0.636. The monoisotopic (exact) mass is 446 g/mol. The summed E-state index contributed by atoms with van der Waals surface area (Å²) in [6.07, 6.45) is 20.9. The molecule has 0 aromatic heterocycles. The molecule has 0 aliphatic heterocycles. The van der Waals surface area contributed by atoms with Crippen molar-refractivity contribution in [3.8, 4) is 11.1 Å². The molecular weight excluding hydrogens is 396 g/mol. The summed E-state index contributed by atoms with van der Waals surface area (Å²) in [4.78, 5) is 0. The van der Waals surface area contributed by atoms with Gasteiger partial charge < -0.3 is 0 Å². The van der Waals surface area contributed by atoms with Crippen molar-refractivity contribution in [2.75, 3.05) is 0 Å². The molecule has 0 heteroatoms. The standard InChI is InChI=1S/C33H50/c1-4-5-6-7-8-9-10-11-12-28-15-19-30(20-16-28)32-23-25-33(26-24-32)31-21-17-29(18-22-31)14-13-27(2)3/h15-16,19-20,23-27,29,31H,4-14,17-18,21-22H2,1-3H3. The van der Waals surface area contributed by atoms with Crippen LogP contribution in [0.2, 0.25) is 0 Å². The van der Waals surface area contributed by atoms with Gasteiger partial charge in [-0.15, -0.1) is 0 Å². The number of rotatable bonds is 14. The predicted molar refractivity (Wildman–Crippen MR) is 147 cm³/mol. The quantitative estimate of drug-likeness (QED) is 0.253. The molecule has 0 N–H and O–H groups in total. The minimum absolute atomic E-state index is 0.781. The number of benzene rings is 2. The summed E-state index contributed by atoms with van der Waals surface area (Å²) < 4.78 is 0. The van der Waals surface area contributed by atoms with Crippen LogP contribution in [-0.2, 0) is 6.42 Å². The molecule has 1 saturated carbocycles. The van der Waals surface area contributed by atoms with Crippen LogP contribution in [0.4, 0.5) is 0 Å². The summed E-state index contributed by atoms with van der Waals surface area (Å²) in [7, 11) is 0. The largest absolute Gasteiger partial charge is 0.0654 e. The van der Waals surface area contributed by atoms with Gasteiger partial charge in [0.25, 0.3) is 0 Å². The van der Waals surface area contributed by atoms with Crippen molar-refractivity contribution in [2.45, 2.75) is 123 Å². The van der Waals surface area contributed by atoms with Gasteiger partial charge in [-0.05, 0) is 78.5 Å². The van der Waals surface area contributed by atoms with E-state index in [2.05, 4.69) is 69.3 Å². The van der Waals surface area contributed by atoms with Crippen LogP contribution in [0.5, 0.6) is 0 Å². The van der Waals surface area contributed by atoms with Crippen LogP contribution in [0, 0.1) is 11.8 Å². The van der Waals surface area contributed by atoms with Gasteiger partial charge in [-0.2, -0.15) is 0 Å². The van der Waals surface area contributed by atoms with E-state index in [1.165, 1.54) is 113 Å². The van der Waals surface area contributed by atoms with Gasteiger partial charge in [0, 0.05) is 0 Å². The molecule has 0 atom stereocenters. The van der Waals surface area contributed by atoms with Crippen molar-refractivity contribution in [1.82, 2.24) is 0 Å². The first-order valence-corrected chi connectivity index (χ1v) is 14.3. The Kier molecular flexibility index (Phi) is 11.6. The maximum Gasteiger partial charge on any atom is -0.0162 e. The first kappa shape index (κ1) is 26.1. The molecule has 0 saturated heterocycles. The Labute approximate surface area is 205 Å². The molecule has 3 rings (SSSR count). The minimum atomic E-state index is 0.781. The first-order chi connectivity index (χ1) is 16.2. The van der Waals surface area contributed by atoms with E-state index >= 15 is 0 Å². The summed E-state index contributed by atoms with van der Waals surface area (Å²) in [6, 6.07) is 18.9. The van der Waals surface area contributed by atoms with Crippen molar-refractivity contribution in [1.29, 1.82) is 0 Å². The zero-order valence-electron chi connectivity index (χ0n) is 22.0. The Morgan fingerprint density at radius 2 is 1.21 bits per heavy atom. The maximum atomic E-state index is 2.41. The third kappa shape index (κ3) is 9.30. The molecule has 0 bridgehead atoms. The molecule has 0 nitrogen and oxygen atoms in total. The van der Waals surface area contributed by atoms with E-state index in [1.54, 1.807) is 5.56 Å². The molecular formula is C33H50. The molecule has 0 amide bonds. The molecule has 0 spiro atoms. The molecule has 0 radical (unpaired) electrons. The second-order valence-corrected chi connectivity index (χ2v) is 11.2. The average Bonchev–Trinajstić information content (AvgIpc) is 2.85. The SMILES string of the molecule is CCCCCCCCCCc1ccc(-c2ccc(C3CCC(CCC(C)C)CC3)cc2)cc1. The lowest BCUT2D eigenvalue weighted by Crippen LogP contribution is -2.14. The van der Waals surface area contributed by atoms with Gasteiger partial charge in [0.05, 0.1) is 0 Å². The van der Waals surface area contributed by atoms with Gasteiger partial charge in [0.1, 0.15) is 0 Å². The second kappa shape index (κ2) is 14.6. The van der Waals surface area contributed by atoms with Gasteiger partial charge in [0.15, 0.2) is 0 Å². The Bertz CT molecular complexity index is 744. The highest BCUT2D eigenvalue weighted by Crippen LogP contribution is 2.38. The third-order valence-corrected chi connectivity index (χ3v) is 7.99. The molecule has 182 valence electrons. The van der Waals surface area contributed by atoms with E-state index in [4.69, 9.17) is 0 Å². The van der Waals surface area contributed by atoms with Crippen molar-refractivity contribution >= 4 is 0 Å². The van der Waals surface area contributed by atoms with Gasteiger partial charge in [-0.3, -0.25) is 0 Å². The van der Waals surface area contributed by atoms with Gasteiger partial charge >= 0.3 is 0 Å². The summed E-state index contributed by atoms with van der Waals surface area (Å²) in [5, 5.41) is 0. The number of aryl methyl sites for hydroxylation is 1. The van der Waals surface area contributed by atoms with Gasteiger partial charge in [-0.25, -0.2) is 0 Å². The Balaban J connectivity index is 1.39. The minimum Gasteiger partial charge on any atom is -0.0654 e. The van der Waals surface area contributed by atoms with Gasteiger partial charge in [0.2, 0.25) is 0 Å². The fourth-order valence-electron chi connectivity index (χ4n) is 5.63. The lowest BCUT2D eigenvalue weighted by Gasteiger charge is -2.29. The van der Waals surface area contributed by atoms with Crippen LogP contribution in [0.15, 0.2) is 48.5 Å². The molecule has 0 unspecified atom stereocenters. The van der Waals surface area contributed by atoms with E-state index in [9.17, 15) is 0 Å². The number of unbranched alkanes of at least 4 members (excludes halogenated alkanes) is 7. The van der Waals surface area contributed by atoms with E-state index in [-0.39, 0.29) is 0 Å². The predicted octanol–water partition coefficient (Wildman–Crippen LogP) is 10.7. The fourth-order valence-corrected chi connectivity index (χ4v) is 5.63. The molecule has 1 aliphatic carbocycles. The van der Waals surface area contributed by atoms with E-state index in [1.807, 2.05) is 0 Å². The van der Waals surface area contributed by atoms with Crippen LogP contribution in [0.3, 0.4) is 0 Å². The van der Waals surface area contributed by atoms with Crippen LogP contribution >= 0.6 is 0 Å². The molecule has 0 heterocycles. The van der Waals surface area contributed by atoms with E-state index in [0.29, 0.717) is 0 Å². The third-order valence-electron chi connectivity index (χ3n) is 7.99. The summed E-state index contributed by atoms with van der Waals surface area (Å²) >= 11 is 0. The first-order valence-electron chi connectivity index (χ1n) is 14.3. The molecule has 1 fully saturated rings. The number of hydrogen-bond acceptors (Lipinski definition) is 0. The summed E-state index contributed by atoms with van der Waals surface area (Å²) in [6.45, 7) is 7.01. The van der Waals surface area contributed by atoms with Crippen molar-refractivity contribution in [2.24, 2.45) is 11.8 Å². The Morgan fingerprint density at radius 3 is 1.79 bits per heavy atom. The zero-order chi connectivity index (χ0) is 23.3. The van der Waals surface area contributed by atoms with Crippen molar-refractivity contribution in [3.63, 3.8) is 0 Å². The number of hydrogen-bond donors (Lipinski definition) is 0. The van der Waals surface area contributed by atoms with Crippen LogP contribution in [0.1, 0.15) is 128 Å². The molecule has 2 aromatic rings. The maximum absolute atomic E-state index is 2.41. The lowest BCUT2D eigenvalue weighted by molar-refractivity contribution is 0.293. The van der Waals surface area contributed by atoms with Crippen LogP contribution in [-0.4, -0.2) is 0 Å². The van der Waals surface area contributed by atoms with Crippen LogP contribution < -0.4 is 0 Å². The summed E-state index contributed by atoms with van der Waals surface area (Å²) in [5.41, 5.74) is 5.78. The van der Waals surface area contributed by atoms with Crippen LogP contribution in [0.25, 0.3) is 11.1 Å². The Morgan fingerprint density at radius 1 is 0.667 bits per heavy atom. The Hall–Kier alpha value is -1.56.